The maximum Gasteiger partial charge on any atom is 0.315 e. The van der Waals surface area contributed by atoms with Crippen molar-refractivity contribution in [2.24, 2.45) is 0 Å². The lowest BCUT2D eigenvalue weighted by Crippen LogP contribution is -2.46. The first-order valence-electron chi connectivity index (χ1n) is 5.54. The van der Waals surface area contributed by atoms with Gasteiger partial charge in [-0.2, -0.15) is 0 Å². The average molecular weight is 196 g/mol. The molecule has 3 rings (SSSR count). The Labute approximate surface area is 83.4 Å². The molecule has 0 radical (unpaired) electrons. The van der Waals surface area contributed by atoms with Crippen molar-refractivity contribution >= 4 is 6.03 Å². The molecule has 3 atom stereocenters. The molecule has 0 spiro atoms. The number of nitrogens with one attached hydrogen (secondary N) is 2. The highest BCUT2D eigenvalue weighted by Crippen LogP contribution is 2.34. The van der Waals surface area contributed by atoms with Crippen molar-refractivity contribution in [3.63, 3.8) is 0 Å². The SMILES string of the molecule is O=C(NC1CC1)NC1CC2CCC1O2. The predicted molar refractivity (Wildman–Crippen MR) is 51.0 cm³/mol. The Morgan fingerprint density at radius 2 is 2.00 bits per heavy atom. The van der Waals surface area contributed by atoms with Gasteiger partial charge in [-0.05, 0) is 32.1 Å². The van der Waals surface area contributed by atoms with Crippen LogP contribution >= 0.6 is 0 Å². The van der Waals surface area contributed by atoms with Crippen LogP contribution in [0, 0.1) is 0 Å². The Kier molecular flexibility index (Phi) is 1.90. The van der Waals surface area contributed by atoms with Crippen LogP contribution in [0.1, 0.15) is 32.1 Å². The van der Waals surface area contributed by atoms with Crippen molar-refractivity contribution in [1.29, 1.82) is 0 Å². The molecule has 2 N–H and O–H groups in total. The van der Waals surface area contributed by atoms with Crippen molar-refractivity contribution in [1.82, 2.24) is 10.6 Å². The second-order valence-electron chi connectivity index (χ2n) is 4.61. The smallest absolute Gasteiger partial charge is 0.315 e. The van der Waals surface area contributed by atoms with Crippen molar-refractivity contribution in [3.05, 3.63) is 0 Å². The van der Waals surface area contributed by atoms with E-state index < -0.39 is 0 Å². The van der Waals surface area contributed by atoms with Gasteiger partial charge < -0.3 is 15.4 Å². The fourth-order valence-corrected chi connectivity index (χ4v) is 2.41. The Hall–Kier alpha value is -0.770. The molecule has 78 valence electrons. The van der Waals surface area contributed by atoms with Gasteiger partial charge in [0.25, 0.3) is 0 Å². The van der Waals surface area contributed by atoms with Crippen LogP contribution in [0.4, 0.5) is 4.79 Å². The Bertz CT molecular complexity index is 253. The summed E-state index contributed by atoms with van der Waals surface area (Å²) < 4.78 is 5.66. The molecule has 2 saturated heterocycles. The molecule has 1 saturated carbocycles. The fourth-order valence-electron chi connectivity index (χ4n) is 2.41. The minimum atomic E-state index is -0.00588. The van der Waals surface area contributed by atoms with Gasteiger partial charge >= 0.3 is 6.03 Å². The van der Waals surface area contributed by atoms with Gasteiger partial charge in [-0.3, -0.25) is 0 Å². The quantitative estimate of drug-likeness (QED) is 0.685. The number of ether oxygens (including phenoxy) is 1. The molecule has 14 heavy (non-hydrogen) atoms. The van der Waals surface area contributed by atoms with Crippen molar-refractivity contribution in [2.45, 2.75) is 56.4 Å². The molecule has 0 aromatic heterocycles. The molecule has 3 aliphatic rings. The number of carbonyl (C=O) groups excluding carboxylic acids is 1. The summed E-state index contributed by atoms with van der Waals surface area (Å²) in [7, 11) is 0. The summed E-state index contributed by atoms with van der Waals surface area (Å²) in [4.78, 5) is 11.4. The van der Waals surface area contributed by atoms with Gasteiger partial charge in [-0.15, -0.1) is 0 Å². The second-order valence-corrected chi connectivity index (χ2v) is 4.61. The predicted octanol–water partition coefficient (Wildman–Crippen LogP) is 0.768. The zero-order valence-corrected chi connectivity index (χ0v) is 8.16. The summed E-state index contributed by atoms with van der Waals surface area (Å²) in [5.41, 5.74) is 0. The number of hydrogen-bond donors (Lipinski definition) is 2. The molecule has 0 aromatic carbocycles. The minimum Gasteiger partial charge on any atom is -0.373 e. The van der Waals surface area contributed by atoms with E-state index in [0.717, 1.165) is 25.7 Å². The summed E-state index contributed by atoms with van der Waals surface area (Å²) in [6.07, 6.45) is 6.26. The zero-order valence-electron chi connectivity index (χ0n) is 8.16. The number of carbonyl (C=O) groups is 1. The third-order valence-electron chi connectivity index (χ3n) is 3.34. The average Bonchev–Trinajstić information content (AvgIpc) is 2.74. The van der Waals surface area contributed by atoms with Crippen LogP contribution < -0.4 is 10.6 Å². The number of urea groups is 1. The molecule has 0 aromatic rings. The van der Waals surface area contributed by atoms with Gasteiger partial charge in [0, 0.05) is 6.04 Å². The molecule has 2 bridgehead atoms. The van der Waals surface area contributed by atoms with E-state index in [1.165, 1.54) is 6.42 Å². The van der Waals surface area contributed by atoms with Gasteiger partial charge in [-0.25, -0.2) is 4.79 Å². The largest absolute Gasteiger partial charge is 0.373 e. The first-order valence-corrected chi connectivity index (χ1v) is 5.54. The number of amides is 2. The highest BCUT2D eigenvalue weighted by Gasteiger charge is 2.41. The van der Waals surface area contributed by atoms with Gasteiger partial charge in [0.05, 0.1) is 18.2 Å². The van der Waals surface area contributed by atoms with E-state index in [2.05, 4.69) is 10.6 Å². The molecule has 2 amide bonds. The monoisotopic (exact) mass is 196 g/mol. The Balaban J connectivity index is 1.49. The van der Waals surface area contributed by atoms with E-state index in [1.807, 2.05) is 0 Å². The lowest BCUT2D eigenvalue weighted by atomic mass is 9.96. The van der Waals surface area contributed by atoms with E-state index in [0.29, 0.717) is 12.1 Å². The first-order chi connectivity index (χ1) is 6.81. The van der Waals surface area contributed by atoms with Crippen LogP contribution in [0.5, 0.6) is 0 Å². The lowest BCUT2D eigenvalue weighted by molar-refractivity contribution is 0.0981. The van der Waals surface area contributed by atoms with E-state index in [4.69, 9.17) is 4.74 Å². The third-order valence-corrected chi connectivity index (χ3v) is 3.34. The van der Waals surface area contributed by atoms with Crippen LogP contribution in [-0.4, -0.2) is 30.3 Å². The van der Waals surface area contributed by atoms with Crippen LogP contribution in [-0.2, 0) is 4.74 Å². The number of rotatable bonds is 2. The lowest BCUT2D eigenvalue weighted by Gasteiger charge is -2.20. The van der Waals surface area contributed by atoms with E-state index in [1.54, 1.807) is 0 Å². The highest BCUT2D eigenvalue weighted by molar-refractivity contribution is 5.75. The van der Waals surface area contributed by atoms with E-state index in [9.17, 15) is 4.79 Å². The summed E-state index contributed by atoms with van der Waals surface area (Å²) >= 11 is 0. The molecule has 4 nitrogen and oxygen atoms in total. The number of hydrogen-bond acceptors (Lipinski definition) is 2. The molecule has 4 heteroatoms. The van der Waals surface area contributed by atoms with Crippen LogP contribution in [0.15, 0.2) is 0 Å². The molecule has 3 unspecified atom stereocenters. The Morgan fingerprint density at radius 1 is 1.14 bits per heavy atom. The van der Waals surface area contributed by atoms with Crippen LogP contribution in [0.25, 0.3) is 0 Å². The van der Waals surface area contributed by atoms with E-state index >= 15 is 0 Å². The maximum absolute atomic E-state index is 11.4. The molecule has 3 fully saturated rings. The van der Waals surface area contributed by atoms with Crippen LogP contribution in [0.3, 0.4) is 0 Å². The topological polar surface area (TPSA) is 50.4 Å². The summed E-state index contributed by atoms with van der Waals surface area (Å²) in [6.45, 7) is 0. The Morgan fingerprint density at radius 3 is 2.57 bits per heavy atom. The normalized spacial score (nSPS) is 39.9. The fraction of sp³-hybridized carbons (Fsp3) is 0.900. The van der Waals surface area contributed by atoms with Crippen molar-refractivity contribution < 1.29 is 9.53 Å². The molecular formula is C10H16N2O2. The second kappa shape index (κ2) is 3.12. The maximum atomic E-state index is 11.4. The summed E-state index contributed by atoms with van der Waals surface area (Å²) in [5, 5.41) is 5.94. The highest BCUT2D eigenvalue weighted by atomic mass is 16.5. The number of fused-ring (bicyclic) bond motifs is 2. The molecule has 2 heterocycles. The van der Waals surface area contributed by atoms with Gasteiger partial charge in [0.2, 0.25) is 0 Å². The first kappa shape index (κ1) is 8.53. The summed E-state index contributed by atoms with van der Waals surface area (Å²) in [5.74, 6) is 0. The van der Waals surface area contributed by atoms with Gasteiger partial charge in [-0.1, -0.05) is 0 Å². The molecule has 2 aliphatic heterocycles. The van der Waals surface area contributed by atoms with E-state index in [-0.39, 0.29) is 18.2 Å². The van der Waals surface area contributed by atoms with Crippen LogP contribution in [0.2, 0.25) is 0 Å². The molecule has 1 aliphatic carbocycles. The minimum absolute atomic E-state index is 0.00588. The third kappa shape index (κ3) is 1.59. The van der Waals surface area contributed by atoms with Gasteiger partial charge in [0.15, 0.2) is 0 Å². The summed E-state index contributed by atoms with van der Waals surface area (Å²) in [6, 6.07) is 0.690. The van der Waals surface area contributed by atoms with Crippen molar-refractivity contribution in [3.8, 4) is 0 Å². The molecular weight excluding hydrogens is 180 g/mol. The zero-order chi connectivity index (χ0) is 9.54. The standard InChI is InChI=1S/C10H16N2O2/c13-10(11-6-1-2-6)12-8-5-7-3-4-9(8)14-7/h6-9H,1-5H2,(H2,11,12,13). The van der Waals surface area contributed by atoms with Crippen molar-refractivity contribution in [2.75, 3.05) is 0 Å². The van der Waals surface area contributed by atoms with Gasteiger partial charge in [0.1, 0.15) is 0 Å².